The standard InChI is InChI=1S/C24H19FN2O2S/c1-15-3-9-18(10-4-15)26-21-22(30-20-13-5-16(2)6-14-20)24(29)27(23(21)28)19-11-7-17(25)8-12-19/h3-14,26H,1-2H3. The van der Waals surface area contributed by atoms with Crippen molar-refractivity contribution in [2.75, 3.05) is 10.2 Å². The number of anilines is 2. The van der Waals surface area contributed by atoms with Gasteiger partial charge in [-0.2, -0.15) is 0 Å². The van der Waals surface area contributed by atoms with Crippen LogP contribution < -0.4 is 10.2 Å². The number of hydrogen-bond donors (Lipinski definition) is 1. The van der Waals surface area contributed by atoms with E-state index >= 15 is 0 Å². The molecule has 3 aromatic carbocycles. The minimum absolute atomic E-state index is 0.207. The normalized spacial score (nSPS) is 13.9. The zero-order chi connectivity index (χ0) is 21.3. The number of halogens is 1. The largest absolute Gasteiger partial charge is 0.350 e. The molecule has 2 amide bonds. The maximum Gasteiger partial charge on any atom is 0.283 e. The predicted molar refractivity (Wildman–Crippen MR) is 118 cm³/mol. The molecule has 30 heavy (non-hydrogen) atoms. The zero-order valence-electron chi connectivity index (χ0n) is 16.5. The Morgan fingerprint density at radius 2 is 1.33 bits per heavy atom. The maximum absolute atomic E-state index is 13.3. The molecule has 150 valence electrons. The van der Waals surface area contributed by atoms with E-state index in [4.69, 9.17) is 0 Å². The highest BCUT2D eigenvalue weighted by molar-refractivity contribution is 8.04. The third kappa shape index (κ3) is 4.00. The van der Waals surface area contributed by atoms with Crippen LogP contribution in [0.25, 0.3) is 0 Å². The summed E-state index contributed by atoms with van der Waals surface area (Å²) in [5.74, 6) is -1.34. The molecule has 4 nitrogen and oxygen atoms in total. The lowest BCUT2D eigenvalue weighted by Crippen LogP contribution is -2.32. The number of benzene rings is 3. The number of rotatable bonds is 5. The number of carbonyl (C=O) groups is 2. The van der Waals surface area contributed by atoms with Gasteiger partial charge in [0.1, 0.15) is 16.4 Å². The molecule has 0 spiro atoms. The Labute approximate surface area is 178 Å². The number of aryl methyl sites for hydroxylation is 2. The Bertz CT molecular complexity index is 1070. The molecule has 1 N–H and O–H groups in total. The van der Waals surface area contributed by atoms with Gasteiger partial charge in [-0.15, -0.1) is 0 Å². The Morgan fingerprint density at radius 1 is 0.767 bits per heavy atom. The van der Waals surface area contributed by atoms with E-state index in [0.29, 0.717) is 16.3 Å². The topological polar surface area (TPSA) is 49.4 Å². The second-order valence-corrected chi connectivity index (χ2v) is 8.12. The van der Waals surface area contributed by atoms with Crippen LogP contribution in [0.3, 0.4) is 0 Å². The number of nitrogens with zero attached hydrogens (tertiary/aromatic N) is 1. The highest BCUT2D eigenvalue weighted by Crippen LogP contribution is 2.38. The Hall–Kier alpha value is -3.38. The average molecular weight is 418 g/mol. The first kappa shape index (κ1) is 19.9. The lowest BCUT2D eigenvalue weighted by molar-refractivity contribution is -0.120. The van der Waals surface area contributed by atoms with Crippen LogP contribution in [0, 0.1) is 19.7 Å². The maximum atomic E-state index is 13.3. The van der Waals surface area contributed by atoms with Crippen LogP contribution in [0.4, 0.5) is 15.8 Å². The fourth-order valence-electron chi connectivity index (χ4n) is 3.04. The molecule has 6 heteroatoms. The van der Waals surface area contributed by atoms with E-state index in [2.05, 4.69) is 5.32 Å². The fourth-order valence-corrected chi connectivity index (χ4v) is 3.97. The van der Waals surface area contributed by atoms with Gasteiger partial charge in [-0.05, 0) is 62.4 Å². The van der Waals surface area contributed by atoms with E-state index in [-0.39, 0.29) is 5.70 Å². The highest BCUT2D eigenvalue weighted by atomic mass is 32.2. The van der Waals surface area contributed by atoms with Crippen molar-refractivity contribution in [1.29, 1.82) is 0 Å². The molecular formula is C24H19FN2O2S. The molecule has 0 unspecified atom stereocenters. The summed E-state index contributed by atoms with van der Waals surface area (Å²) < 4.78 is 13.3. The van der Waals surface area contributed by atoms with Crippen LogP contribution in [-0.2, 0) is 9.59 Å². The van der Waals surface area contributed by atoms with Gasteiger partial charge in [0.15, 0.2) is 0 Å². The van der Waals surface area contributed by atoms with Gasteiger partial charge in [-0.25, -0.2) is 9.29 Å². The molecule has 0 radical (unpaired) electrons. The molecule has 0 saturated heterocycles. The van der Waals surface area contributed by atoms with E-state index in [0.717, 1.165) is 20.9 Å². The monoisotopic (exact) mass is 418 g/mol. The van der Waals surface area contributed by atoms with Gasteiger partial charge in [0.25, 0.3) is 11.8 Å². The Kier molecular flexibility index (Phi) is 5.42. The molecule has 0 bridgehead atoms. The summed E-state index contributed by atoms with van der Waals surface area (Å²) in [5.41, 5.74) is 3.44. The van der Waals surface area contributed by atoms with Crippen LogP contribution in [-0.4, -0.2) is 11.8 Å². The van der Waals surface area contributed by atoms with E-state index in [1.807, 2.05) is 62.4 Å². The van der Waals surface area contributed by atoms with E-state index in [1.165, 1.54) is 36.0 Å². The summed E-state index contributed by atoms with van der Waals surface area (Å²) in [5, 5.41) is 3.11. The lowest BCUT2D eigenvalue weighted by atomic mass is 10.2. The van der Waals surface area contributed by atoms with E-state index in [1.54, 1.807) is 0 Å². The third-order valence-electron chi connectivity index (χ3n) is 4.69. The minimum atomic E-state index is -0.471. The molecule has 0 aliphatic carbocycles. The first-order valence-corrected chi connectivity index (χ1v) is 10.2. The van der Waals surface area contributed by atoms with Crippen molar-refractivity contribution in [3.63, 3.8) is 0 Å². The van der Waals surface area contributed by atoms with Gasteiger partial charge in [0, 0.05) is 10.6 Å². The second-order valence-electron chi connectivity index (χ2n) is 7.03. The Balaban J connectivity index is 1.73. The smallest absolute Gasteiger partial charge is 0.283 e. The molecule has 4 rings (SSSR count). The quantitative estimate of drug-likeness (QED) is 0.561. The van der Waals surface area contributed by atoms with Crippen molar-refractivity contribution in [2.45, 2.75) is 18.7 Å². The van der Waals surface area contributed by atoms with Crippen molar-refractivity contribution < 1.29 is 14.0 Å². The van der Waals surface area contributed by atoms with Crippen molar-refractivity contribution in [2.24, 2.45) is 0 Å². The summed E-state index contributed by atoms with van der Waals surface area (Å²) in [7, 11) is 0. The molecule has 1 aliphatic rings. The molecule has 0 saturated carbocycles. The number of carbonyl (C=O) groups excluding carboxylic acids is 2. The van der Waals surface area contributed by atoms with Crippen LogP contribution in [0.2, 0.25) is 0 Å². The second kappa shape index (κ2) is 8.16. The van der Waals surface area contributed by atoms with E-state index in [9.17, 15) is 14.0 Å². The highest BCUT2D eigenvalue weighted by Gasteiger charge is 2.40. The van der Waals surface area contributed by atoms with E-state index < -0.39 is 17.6 Å². The third-order valence-corrected chi connectivity index (χ3v) is 5.78. The summed E-state index contributed by atoms with van der Waals surface area (Å²) in [4.78, 5) is 28.6. The number of nitrogens with one attached hydrogen (secondary N) is 1. The Morgan fingerprint density at radius 3 is 1.93 bits per heavy atom. The zero-order valence-corrected chi connectivity index (χ0v) is 17.3. The SMILES string of the molecule is Cc1ccc(NC2=C(Sc3ccc(C)cc3)C(=O)N(c3ccc(F)cc3)C2=O)cc1. The molecule has 1 heterocycles. The summed E-state index contributed by atoms with van der Waals surface area (Å²) in [6.07, 6.45) is 0. The molecule has 0 aromatic heterocycles. The number of hydrogen-bond acceptors (Lipinski definition) is 4. The number of thioether (sulfide) groups is 1. The van der Waals surface area contributed by atoms with Crippen molar-refractivity contribution >= 4 is 35.0 Å². The summed E-state index contributed by atoms with van der Waals surface area (Å²) >= 11 is 1.23. The van der Waals surface area contributed by atoms with Crippen molar-refractivity contribution in [3.05, 3.63) is 100 Å². The summed E-state index contributed by atoms with van der Waals surface area (Å²) in [6, 6.07) is 20.6. The average Bonchev–Trinajstić information content (AvgIpc) is 2.96. The van der Waals surface area contributed by atoms with Crippen molar-refractivity contribution in [1.82, 2.24) is 0 Å². The molecule has 0 fully saturated rings. The van der Waals surface area contributed by atoms with Gasteiger partial charge in [-0.3, -0.25) is 9.59 Å². The van der Waals surface area contributed by atoms with Gasteiger partial charge in [0.2, 0.25) is 0 Å². The fraction of sp³-hybridized carbons (Fsp3) is 0.0833. The van der Waals surface area contributed by atoms with Crippen molar-refractivity contribution in [3.8, 4) is 0 Å². The molecular weight excluding hydrogens is 399 g/mol. The molecule has 0 atom stereocenters. The van der Waals surface area contributed by atoms with Gasteiger partial charge < -0.3 is 5.32 Å². The lowest BCUT2D eigenvalue weighted by Gasteiger charge is -2.15. The van der Waals surface area contributed by atoms with Gasteiger partial charge in [0.05, 0.1) is 5.69 Å². The van der Waals surface area contributed by atoms with Crippen LogP contribution >= 0.6 is 11.8 Å². The first-order chi connectivity index (χ1) is 14.4. The predicted octanol–water partition coefficient (Wildman–Crippen LogP) is 5.43. The van der Waals surface area contributed by atoms with Crippen LogP contribution in [0.1, 0.15) is 11.1 Å². The summed E-state index contributed by atoms with van der Waals surface area (Å²) in [6.45, 7) is 3.96. The van der Waals surface area contributed by atoms with Crippen LogP contribution in [0.5, 0.6) is 0 Å². The minimum Gasteiger partial charge on any atom is -0.350 e. The molecule has 1 aliphatic heterocycles. The van der Waals surface area contributed by atoms with Crippen LogP contribution in [0.15, 0.2) is 88.3 Å². The van der Waals surface area contributed by atoms with Gasteiger partial charge >= 0.3 is 0 Å². The first-order valence-electron chi connectivity index (χ1n) is 9.39. The van der Waals surface area contributed by atoms with Gasteiger partial charge in [-0.1, -0.05) is 47.2 Å². The molecule has 3 aromatic rings. The number of imide groups is 1. The number of amides is 2.